The Hall–Kier alpha value is -3.37. The van der Waals surface area contributed by atoms with Gasteiger partial charge in [0, 0.05) is 11.3 Å². The number of rotatable bonds is 6. The van der Waals surface area contributed by atoms with Crippen LogP contribution in [0.3, 0.4) is 0 Å². The van der Waals surface area contributed by atoms with Crippen LogP contribution >= 0.6 is 23.4 Å². The normalized spacial score (nSPS) is 26.8. The summed E-state index contributed by atoms with van der Waals surface area (Å²) in [5.74, 6) is -2.31. The van der Waals surface area contributed by atoms with E-state index in [2.05, 4.69) is 0 Å². The highest BCUT2D eigenvalue weighted by Gasteiger charge is 2.65. The molecule has 0 saturated carbocycles. The molecule has 3 aliphatic heterocycles. The maximum Gasteiger partial charge on any atom is 0.331 e. The molecular weight excluding hydrogens is 508 g/mol. The van der Waals surface area contributed by atoms with Crippen LogP contribution in [0.5, 0.6) is 5.75 Å². The first-order valence-electron chi connectivity index (χ1n) is 11.1. The molecule has 0 bridgehead atoms. The van der Waals surface area contributed by atoms with Crippen molar-refractivity contribution in [2.45, 2.75) is 29.3 Å². The maximum atomic E-state index is 13.3. The second-order valence-electron chi connectivity index (χ2n) is 8.86. The first-order valence-corrected chi connectivity index (χ1v) is 12.5. The van der Waals surface area contributed by atoms with E-state index in [-0.39, 0.29) is 16.9 Å². The molecule has 36 heavy (non-hydrogen) atoms. The predicted octanol–water partition coefficient (Wildman–Crippen LogP) is 2.37. The number of carbonyl (C=O) groups excluding carboxylic acids is 5. The summed E-state index contributed by atoms with van der Waals surface area (Å²) in [6.07, 6.45) is 0. The number of hydrogen-bond acceptors (Lipinski definition) is 8. The molecule has 2 fully saturated rings. The number of fused-ring (bicyclic) bond motifs is 2. The van der Waals surface area contributed by atoms with Crippen molar-refractivity contribution in [3.8, 4) is 5.75 Å². The van der Waals surface area contributed by atoms with Crippen molar-refractivity contribution in [1.82, 2.24) is 9.80 Å². The van der Waals surface area contributed by atoms with E-state index in [1.54, 1.807) is 43.3 Å². The molecule has 4 atom stereocenters. The monoisotopic (exact) mass is 528 g/mol. The molecule has 5 rings (SSSR count). The Labute approximate surface area is 215 Å². The summed E-state index contributed by atoms with van der Waals surface area (Å²) in [5.41, 5.74) is 0.729. The molecule has 11 heteroatoms. The van der Waals surface area contributed by atoms with Crippen molar-refractivity contribution >= 4 is 52.8 Å². The van der Waals surface area contributed by atoms with Crippen molar-refractivity contribution in [2.24, 2.45) is 0 Å². The third kappa shape index (κ3) is 3.75. The number of methoxy groups -OCH3 is 1. The maximum absolute atomic E-state index is 13.3. The molecule has 9 nitrogen and oxygen atoms in total. The Bertz CT molecular complexity index is 1300. The number of esters is 1. The number of halogens is 1. The van der Waals surface area contributed by atoms with Gasteiger partial charge in [-0.1, -0.05) is 30.3 Å². The van der Waals surface area contributed by atoms with Gasteiger partial charge >= 0.3 is 5.97 Å². The number of alkyl halides is 1. The minimum atomic E-state index is -1.19. The number of hydrogen-bond donors (Lipinski definition) is 0. The van der Waals surface area contributed by atoms with Crippen molar-refractivity contribution in [1.29, 1.82) is 0 Å². The average molecular weight is 529 g/mol. The smallest absolute Gasteiger partial charge is 0.331 e. The minimum Gasteiger partial charge on any atom is -0.497 e. The molecule has 186 valence electrons. The molecule has 0 radical (unpaired) electrons. The quantitative estimate of drug-likeness (QED) is 0.185. The lowest BCUT2D eigenvalue weighted by Crippen LogP contribution is -2.78. The number of ether oxygens (including phenoxy) is 2. The summed E-state index contributed by atoms with van der Waals surface area (Å²) in [7, 11) is 1.45. The second-order valence-corrected chi connectivity index (χ2v) is 10.8. The molecule has 0 aromatic heterocycles. The van der Waals surface area contributed by atoms with Gasteiger partial charge in [-0.05, 0) is 25.1 Å². The van der Waals surface area contributed by atoms with Crippen LogP contribution in [0.2, 0.25) is 0 Å². The van der Waals surface area contributed by atoms with Gasteiger partial charge in [0.15, 0.2) is 18.4 Å². The fourth-order valence-electron chi connectivity index (χ4n) is 4.67. The van der Waals surface area contributed by atoms with E-state index < -0.39 is 58.4 Å². The van der Waals surface area contributed by atoms with Crippen LogP contribution in [0.4, 0.5) is 0 Å². The number of benzene rings is 2. The average Bonchev–Trinajstić information content (AvgIpc) is 3.11. The molecule has 0 N–H and O–H groups in total. The van der Waals surface area contributed by atoms with Gasteiger partial charge in [0.05, 0.1) is 23.1 Å². The lowest BCUT2D eigenvalue weighted by molar-refractivity contribution is -0.168. The van der Waals surface area contributed by atoms with E-state index in [4.69, 9.17) is 21.1 Å². The Morgan fingerprint density at radius 2 is 1.78 bits per heavy atom. The fraction of sp³-hybridized carbons (Fsp3) is 0.320. The van der Waals surface area contributed by atoms with E-state index in [9.17, 15) is 24.0 Å². The SMILES string of the molecule is COc1ccc2c(c1)C(=O)N(C1C(=O)N3C(C(=O)OCC(=O)c4ccccc4)[C@](C)(Cl)CS[C@@H]13)C2=O. The summed E-state index contributed by atoms with van der Waals surface area (Å²) in [6.45, 7) is 1.10. The van der Waals surface area contributed by atoms with E-state index in [1.807, 2.05) is 0 Å². The summed E-state index contributed by atoms with van der Waals surface area (Å²) in [5, 5.41) is -0.671. The van der Waals surface area contributed by atoms with Crippen LogP contribution in [0, 0.1) is 0 Å². The lowest BCUT2D eigenvalue weighted by atomic mass is 9.93. The molecule has 0 aliphatic carbocycles. The zero-order chi connectivity index (χ0) is 25.8. The molecule has 3 heterocycles. The van der Waals surface area contributed by atoms with E-state index in [0.29, 0.717) is 11.3 Å². The molecular formula is C25H21ClN2O7S. The molecule has 0 spiro atoms. The molecule has 3 amide bonds. The van der Waals surface area contributed by atoms with Gasteiger partial charge in [-0.15, -0.1) is 23.4 Å². The van der Waals surface area contributed by atoms with Crippen LogP contribution in [-0.4, -0.2) is 81.1 Å². The van der Waals surface area contributed by atoms with Gasteiger partial charge in [-0.2, -0.15) is 0 Å². The van der Waals surface area contributed by atoms with Gasteiger partial charge in [-0.3, -0.25) is 24.1 Å². The summed E-state index contributed by atoms with van der Waals surface area (Å²) in [6, 6.07) is 10.6. The topological polar surface area (TPSA) is 110 Å². The lowest BCUT2D eigenvalue weighted by Gasteiger charge is -2.57. The van der Waals surface area contributed by atoms with Gasteiger partial charge in [-0.25, -0.2) is 4.79 Å². The number of carbonyl (C=O) groups is 5. The zero-order valence-corrected chi connectivity index (χ0v) is 20.9. The number of β-lactam (4-membered cyclic amide) rings is 1. The molecule has 3 aliphatic rings. The summed E-state index contributed by atoms with van der Waals surface area (Å²) in [4.78, 5) is 65.9. The first kappa shape index (κ1) is 24.3. The molecule has 2 aromatic rings. The highest BCUT2D eigenvalue weighted by molar-refractivity contribution is 8.00. The Morgan fingerprint density at radius 1 is 1.08 bits per heavy atom. The van der Waals surface area contributed by atoms with Gasteiger partial charge in [0.1, 0.15) is 17.2 Å². The number of amides is 3. The fourth-order valence-corrected chi connectivity index (χ4v) is 6.52. The van der Waals surface area contributed by atoms with Crippen LogP contribution < -0.4 is 4.74 Å². The second kappa shape index (κ2) is 8.94. The third-order valence-corrected chi connectivity index (χ3v) is 8.60. The van der Waals surface area contributed by atoms with Crippen LogP contribution in [0.15, 0.2) is 48.5 Å². The number of Topliss-reactive ketones (excluding diaryl/α,β-unsaturated/α-hetero) is 1. The van der Waals surface area contributed by atoms with Crippen molar-refractivity contribution < 1.29 is 33.4 Å². The predicted molar refractivity (Wildman–Crippen MR) is 130 cm³/mol. The van der Waals surface area contributed by atoms with Crippen molar-refractivity contribution in [3.63, 3.8) is 0 Å². The van der Waals surface area contributed by atoms with Gasteiger partial charge in [0.25, 0.3) is 17.7 Å². The van der Waals surface area contributed by atoms with Crippen LogP contribution in [0.1, 0.15) is 38.0 Å². The number of imide groups is 1. The molecule has 2 saturated heterocycles. The Balaban J connectivity index is 1.34. The molecule has 2 unspecified atom stereocenters. The van der Waals surface area contributed by atoms with E-state index in [0.717, 1.165) is 4.90 Å². The molecule has 2 aromatic carbocycles. The standard InChI is InChI=1S/C25H21ClN2O7S/c1-25(26)12-36-23-18(27-20(30)15-9-8-14(34-2)10-16(15)21(27)31)22(32)28(23)19(25)24(33)35-11-17(29)13-6-4-3-5-7-13/h3-10,18-19,23H,11-12H2,1-2H3/t18?,19?,23-,25+/m0/s1. The zero-order valence-electron chi connectivity index (χ0n) is 19.3. The van der Waals surface area contributed by atoms with Gasteiger partial charge in [0.2, 0.25) is 0 Å². The Morgan fingerprint density at radius 3 is 2.47 bits per heavy atom. The van der Waals surface area contributed by atoms with Crippen LogP contribution in [0.25, 0.3) is 0 Å². The number of nitrogens with zero attached hydrogens (tertiary/aromatic N) is 2. The largest absolute Gasteiger partial charge is 0.497 e. The van der Waals surface area contributed by atoms with E-state index >= 15 is 0 Å². The summed E-state index contributed by atoms with van der Waals surface area (Å²) < 4.78 is 10.4. The minimum absolute atomic E-state index is 0.156. The number of thioether (sulfide) groups is 1. The summed E-state index contributed by atoms with van der Waals surface area (Å²) >= 11 is 7.91. The third-order valence-electron chi connectivity index (χ3n) is 6.50. The van der Waals surface area contributed by atoms with Crippen molar-refractivity contribution in [3.05, 3.63) is 65.2 Å². The highest BCUT2D eigenvalue weighted by Crippen LogP contribution is 2.48. The first-order chi connectivity index (χ1) is 17.2. The van der Waals surface area contributed by atoms with Crippen LogP contribution in [-0.2, 0) is 14.3 Å². The highest BCUT2D eigenvalue weighted by atomic mass is 35.5. The number of ketones is 1. The van der Waals surface area contributed by atoms with Gasteiger partial charge < -0.3 is 14.4 Å². The van der Waals surface area contributed by atoms with E-state index in [1.165, 1.54) is 35.9 Å². The van der Waals surface area contributed by atoms with Crippen molar-refractivity contribution in [2.75, 3.05) is 19.5 Å². The Kier molecular flexibility index (Phi) is 6.04.